The average molecular weight is 609 g/mol. The van der Waals surface area contributed by atoms with Crippen molar-refractivity contribution < 1.29 is 4.79 Å². The summed E-state index contributed by atoms with van der Waals surface area (Å²) in [6.07, 6.45) is 19.3. The van der Waals surface area contributed by atoms with Crippen LogP contribution in [0.1, 0.15) is 76.3 Å². The number of nitrogens with zero attached hydrogens (tertiary/aromatic N) is 7. The quantitative estimate of drug-likeness (QED) is 0.284. The lowest BCUT2D eigenvalue weighted by atomic mass is 9.78. The van der Waals surface area contributed by atoms with E-state index in [9.17, 15) is 4.79 Å². The molecule has 2 aromatic heterocycles. The molecule has 2 saturated heterocycles. The number of hydrogen-bond donors (Lipinski definition) is 1. The zero-order chi connectivity index (χ0) is 31.4. The SMILES string of the molecule is CC/C=C(\C=N/C)c1cccc(-c2ncc(-c3cnn([C@H]4CC[C@]5(CCC(=O)N5C)CC4)c3)c(NCC3CCN(C)CC3)n2)c1. The van der Waals surface area contributed by atoms with Crippen LogP contribution in [0.5, 0.6) is 0 Å². The van der Waals surface area contributed by atoms with Gasteiger partial charge in [0.25, 0.3) is 0 Å². The maximum atomic E-state index is 12.3. The van der Waals surface area contributed by atoms with E-state index in [4.69, 9.17) is 15.1 Å². The molecule has 0 unspecified atom stereocenters. The van der Waals surface area contributed by atoms with Gasteiger partial charge in [0, 0.05) is 67.9 Å². The van der Waals surface area contributed by atoms with E-state index in [-0.39, 0.29) is 11.4 Å². The van der Waals surface area contributed by atoms with Gasteiger partial charge in [-0.15, -0.1) is 0 Å². The maximum absolute atomic E-state index is 12.3. The van der Waals surface area contributed by atoms with Gasteiger partial charge in [-0.2, -0.15) is 5.10 Å². The van der Waals surface area contributed by atoms with Gasteiger partial charge < -0.3 is 15.1 Å². The molecule has 3 aliphatic rings. The van der Waals surface area contributed by atoms with E-state index in [1.807, 2.05) is 30.6 Å². The number of aliphatic imine (C=N–C) groups is 1. The zero-order valence-electron chi connectivity index (χ0n) is 27.4. The fraction of sp³-hybridized carbons (Fsp3) is 0.528. The van der Waals surface area contributed by atoms with Crippen molar-refractivity contribution in [2.24, 2.45) is 10.9 Å². The van der Waals surface area contributed by atoms with E-state index in [2.05, 4.69) is 70.4 Å². The van der Waals surface area contributed by atoms with Gasteiger partial charge in [-0.1, -0.05) is 31.2 Å². The lowest BCUT2D eigenvalue weighted by Gasteiger charge is -2.42. The fourth-order valence-corrected chi connectivity index (χ4v) is 7.42. The molecule has 1 aromatic carbocycles. The van der Waals surface area contributed by atoms with Gasteiger partial charge in [0.2, 0.25) is 5.91 Å². The molecule has 1 N–H and O–H groups in total. The highest BCUT2D eigenvalue weighted by atomic mass is 16.2. The summed E-state index contributed by atoms with van der Waals surface area (Å²) in [4.78, 5) is 31.0. The van der Waals surface area contributed by atoms with Gasteiger partial charge >= 0.3 is 0 Å². The summed E-state index contributed by atoms with van der Waals surface area (Å²) in [5.74, 6) is 2.47. The first kappa shape index (κ1) is 31.1. The molecule has 0 atom stereocenters. The number of piperidine rings is 1. The Balaban J connectivity index is 1.26. The van der Waals surface area contributed by atoms with E-state index in [0.29, 0.717) is 24.2 Å². The second kappa shape index (κ2) is 13.6. The molecule has 1 amide bonds. The van der Waals surface area contributed by atoms with Gasteiger partial charge in [0.1, 0.15) is 5.82 Å². The maximum Gasteiger partial charge on any atom is 0.222 e. The number of anilines is 1. The Bertz CT molecular complexity index is 1540. The Hall–Kier alpha value is -3.85. The van der Waals surface area contributed by atoms with E-state index in [1.165, 1.54) is 12.8 Å². The summed E-state index contributed by atoms with van der Waals surface area (Å²) < 4.78 is 2.13. The third-order valence-corrected chi connectivity index (χ3v) is 10.4. The van der Waals surface area contributed by atoms with E-state index in [1.54, 1.807) is 7.05 Å². The standard InChI is InChI=1S/C36H48N8O/c1-5-7-29(22-37-2)27-8-6-9-28(20-27)34-39-24-32(35(41-34)38-21-26-13-18-42(3)19-14-26)30-23-40-44(25-30)31-10-15-36(16-11-31)17-12-33(45)43(36)4/h6-9,20,22-26,31H,5,10-19,21H2,1-4H3,(H,38,39,41)/b29-7+,37-22-/t31-,36+. The topological polar surface area (TPSA) is 91.5 Å². The number of rotatable bonds is 9. The number of carbonyl (C=O) groups excluding carboxylic acids is 1. The molecule has 3 fully saturated rings. The molecule has 9 nitrogen and oxygen atoms in total. The van der Waals surface area contributed by atoms with Crippen LogP contribution in [0.2, 0.25) is 0 Å². The first-order chi connectivity index (χ1) is 21.9. The van der Waals surface area contributed by atoms with Crippen LogP contribution in [0.15, 0.2) is 53.9 Å². The number of aromatic nitrogens is 4. The molecule has 45 heavy (non-hydrogen) atoms. The number of carbonyl (C=O) groups is 1. The van der Waals surface area contributed by atoms with Crippen molar-refractivity contribution in [3.05, 3.63) is 54.5 Å². The highest BCUT2D eigenvalue weighted by molar-refractivity contribution is 6.10. The summed E-state index contributed by atoms with van der Waals surface area (Å²) in [7, 11) is 6.00. The van der Waals surface area contributed by atoms with Gasteiger partial charge in [-0.25, -0.2) is 9.97 Å². The van der Waals surface area contributed by atoms with E-state index >= 15 is 0 Å². The molecule has 1 aliphatic carbocycles. The largest absolute Gasteiger partial charge is 0.369 e. The number of benzene rings is 1. The van der Waals surface area contributed by atoms with Gasteiger partial charge in [0.05, 0.1) is 12.2 Å². The smallest absolute Gasteiger partial charge is 0.222 e. The Labute approximate surface area is 267 Å². The lowest BCUT2D eigenvalue weighted by molar-refractivity contribution is -0.130. The molecular formula is C36H48N8O. The van der Waals surface area contributed by atoms with Crippen LogP contribution in [0, 0.1) is 5.92 Å². The van der Waals surface area contributed by atoms with Crippen molar-refractivity contribution in [2.45, 2.75) is 76.3 Å². The summed E-state index contributed by atoms with van der Waals surface area (Å²) in [5.41, 5.74) is 5.25. The minimum absolute atomic E-state index is 0.0476. The first-order valence-corrected chi connectivity index (χ1v) is 16.7. The number of amides is 1. The lowest BCUT2D eigenvalue weighted by Crippen LogP contribution is -2.46. The van der Waals surface area contributed by atoms with Crippen LogP contribution < -0.4 is 5.32 Å². The van der Waals surface area contributed by atoms with Crippen molar-refractivity contribution >= 4 is 23.5 Å². The molecule has 238 valence electrons. The molecule has 4 heterocycles. The van der Waals surface area contributed by atoms with Crippen LogP contribution in [-0.2, 0) is 4.79 Å². The Kier molecular flexibility index (Phi) is 9.45. The van der Waals surface area contributed by atoms with Crippen LogP contribution in [-0.4, -0.2) is 88.0 Å². The van der Waals surface area contributed by atoms with Crippen LogP contribution >= 0.6 is 0 Å². The molecule has 0 bridgehead atoms. The highest BCUT2D eigenvalue weighted by Crippen LogP contribution is 2.44. The third kappa shape index (κ3) is 6.73. The Morgan fingerprint density at radius 1 is 1.09 bits per heavy atom. The van der Waals surface area contributed by atoms with Crippen molar-refractivity contribution in [3.63, 3.8) is 0 Å². The molecule has 3 aromatic rings. The summed E-state index contributed by atoms with van der Waals surface area (Å²) >= 11 is 0. The molecule has 1 saturated carbocycles. The minimum Gasteiger partial charge on any atom is -0.369 e. The van der Waals surface area contributed by atoms with Crippen LogP contribution in [0.4, 0.5) is 5.82 Å². The minimum atomic E-state index is 0.0476. The fourth-order valence-electron chi connectivity index (χ4n) is 7.42. The third-order valence-electron chi connectivity index (χ3n) is 10.4. The van der Waals surface area contributed by atoms with Crippen molar-refractivity contribution in [1.29, 1.82) is 0 Å². The van der Waals surface area contributed by atoms with E-state index < -0.39 is 0 Å². The second-order valence-electron chi connectivity index (χ2n) is 13.2. The highest BCUT2D eigenvalue weighted by Gasteiger charge is 2.45. The van der Waals surface area contributed by atoms with Crippen molar-refractivity contribution in [1.82, 2.24) is 29.5 Å². The summed E-state index contributed by atoms with van der Waals surface area (Å²) in [6, 6.07) is 8.75. The Morgan fingerprint density at radius 2 is 1.89 bits per heavy atom. The summed E-state index contributed by atoms with van der Waals surface area (Å²) in [5, 5.41) is 8.58. The monoisotopic (exact) mass is 608 g/mol. The van der Waals surface area contributed by atoms with Crippen LogP contribution in [0.25, 0.3) is 28.1 Å². The molecular weight excluding hydrogens is 560 g/mol. The molecule has 6 rings (SSSR count). The predicted molar refractivity (Wildman–Crippen MR) is 182 cm³/mol. The molecule has 0 radical (unpaired) electrons. The number of nitrogens with one attached hydrogen (secondary N) is 1. The predicted octanol–water partition coefficient (Wildman–Crippen LogP) is 6.36. The molecule has 1 spiro atoms. The second-order valence-corrected chi connectivity index (χ2v) is 13.2. The van der Waals surface area contributed by atoms with Crippen molar-refractivity contribution in [3.8, 4) is 22.5 Å². The average Bonchev–Trinajstić information content (AvgIpc) is 3.66. The summed E-state index contributed by atoms with van der Waals surface area (Å²) in [6.45, 7) is 5.30. The Morgan fingerprint density at radius 3 is 2.60 bits per heavy atom. The van der Waals surface area contributed by atoms with Gasteiger partial charge in [0.15, 0.2) is 5.82 Å². The van der Waals surface area contributed by atoms with Crippen LogP contribution in [0.3, 0.4) is 0 Å². The normalized spacial score (nSPS) is 23.5. The molecule has 2 aliphatic heterocycles. The molecule has 9 heteroatoms. The number of allylic oxidation sites excluding steroid dienone is 2. The first-order valence-electron chi connectivity index (χ1n) is 16.7. The van der Waals surface area contributed by atoms with Gasteiger partial charge in [-0.05, 0) is 94.6 Å². The van der Waals surface area contributed by atoms with Crippen molar-refractivity contribution in [2.75, 3.05) is 46.1 Å². The number of hydrogen-bond acceptors (Lipinski definition) is 7. The van der Waals surface area contributed by atoms with E-state index in [0.717, 1.165) is 91.8 Å². The number of likely N-dealkylation sites (tertiary alicyclic amines) is 2. The zero-order valence-corrected chi connectivity index (χ0v) is 27.4. The van der Waals surface area contributed by atoms with Gasteiger partial charge in [-0.3, -0.25) is 14.5 Å².